The second kappa shape index (κ2) is 38.7. The van der Waals surface area contributed by atoms with Crippen LogP contribution in [-0.4, -0.2) is 50.1 Å². The molecule has 0 heterocycles. The average molecular weight is 815 g/mol. The van der Waals surface area contributed by atoms with E-state index in [4.69, 9.17) is 0 Å². The van der Waals surface area contributed by atoms with Gasteiger partial charge < -0.3 is 9.80 Å². The van der Waals surface area contributed by atoms with Crippen LogP contribution >= 0.6 is 0 Å². The Kier molecular flexibility index (Phi) is 38.6. The van der Waals surface area contributed by atoms with Crippen molar-refractivity contribution in [1.29, 1.82) is 0 Å². The summed E-state index contributed by atoms with van der Waals surface area (Å²) < 4.78 is 0. The molecule has 2 nitrogen and oxygen atoms in total. The monoisotopic (exact) mass is 815 g/mol. The summed E-state index contributed by atoms with van der Waals surface area (Å²) in [4.78, 5) is 4.56. The fourth-order valence-corrected chi connectivity index (χ4v) is 6.64. The Morgan fingerprint density at radius 1 is 0.433 bits per heavy atom. The fraction of sp³-hybridized carbons (Fsp3) is 0.414. The van der Waals surface area contributed by atoms with Gasteiger partial charge in [-0.1, -0.05) is 250 Å². The molecule has 5 aromatic rings. The van der Waals surface area contributed by atoms with Crippen LogP contribution in [0, 0.1) is 0 Å². The van der Waals surface area contributed by atoms with E-state index >= 15 is 0 Å². The fourth-order valence-electron chi connectivity index (χ4n) is 6.64. The van der Waals surface area contributed by atoms with Gasteiger partial charge in [-0.05, 0) is 103 Å². The Bertz CT molecular complexity index is 1540. The van der Waals surface area contributed by atoms with Gasteiger partial charge in [-0.3, -0.25) is 0 Å². The quantitative estimate of drug-likeness (QED) is 0.111. The average Bonchev–Trinajstić information content (AvgIpc) is 3.83. The van der Waals surface area contributed by atoms with Gasteiger partial charge in [0.1, 0.15) is 0 Å². The highest BCUT2D eigenvalue weighted by atomic mass is 15.1. The van der Waals surface area contributed by atoms with Gasteiger partial charge in [0.15, 0.2) is 0 Å². The minimum Gasteiger partial charge on any atom is -0.310 e. The lowest BCUT2D eigenvalue weighted by Crippen LogP contribution is -2.25. The molecule has 0 unspecified atom stereocenters. The standard InChI is InChI=1S/C25H16.C9H19N.C8H8.C4H11N.6C2H6/c1-5-13-21-17(9-1)18-10-2-6-14-22(18)25(21)23-15-7-3-11-19(23)20-12-4-8-16-24(20)25;1-4-7-8-9-10(5-2)6-3;1-2-8-6-4-3-5-7-8;1-4-5(2)3;6*1-2/h1-16H;4H,1,5-9H2,2-3H3;2-7H,1H2;4H2,1-3H3;6*1-2H3. The van der Waals surface area contributed by atoms with Gasteiger partial charge in [0, 0.05) is 0 Å². The van der Waals surface area contributed by atoms with Gasteiger partial charge in [-0.15, -0.1) is 6.58 Å². The van der Waals surface area contributed by atoms with Crippen LogP contribution in [0.1, 0.15) is 145 Å². The molecule has 1 spiro atoms. The van der Waals surface area contributed by atoms with Crippen LogP contribution in [0.3, 0.4) is 0 Å². The lowest BCUT2D eigenvalue weighted by atomic mass is 9.70. The van der Waals surface area contributed by atoms with E-state index in [1.807, 2.05) is 126 Å². The van der Waals surface area contributed by atoms with Crippen LogP contribution in [0.4, 0.5) is 0 Å². The summed E-state index contributed by atoms with van der Waals surface area (Å²) in [5, 5.41) is 0. The van der Waals surface area contributed by atoms with Crippen LogP contribution < -0.4 is 0 Å². The number of hydrogen-bond donors (Lipinski definition) is 0. The van der Waals surface area contributed by atoms with Crippen molar-refractivity contribution < 1.29 is 0 Å². The summed E-state index contributed by atoms with van der Waals surface area (Å²) in [7, 11) is 4.11. The molecule has 0 aromatic heterocycles. The highest BCUT2D eigenvalue weighted by molar-refractivity contribution is 5.94. The van der Waals surface area contributed by atoms with Crippen molar-refractivity contribution in [3.05, 3.63) is 174 Å². The maximum absolute atomic E-state index is 3.69. The smallest absolute Gasteiger partial charge is 0.0725 e. The molecule has 7 rings (SSSR count). The maximum Gasteiger partial charge on any atom is 0.0725 e. The van der Waals surface area contributed by atoms with Crippen LogP contribution in [0.5, 0.6) is 0 Å². The van der Waals surface area contributed by atoms with Gasteiger partial charge >= 0.3 is 0 Å². The van der Waals surface area contributed by atoms with Crippen molar-refractivity contribution in [3.63, 3.8) is 0 Å². The predicted molar refractivity (Wildman–Crippen MR) is 279 cm³/mol. The molecule has 2 aliphatic rings. The van der Waals surface area contributed by atoms with Gasteiger partial charge in [0.05, 0.1) is 5.41 Å². The lowest BCUT2D eigenvalue weighted by molar-refractivity contribution is 0.301. The zero-order valence-corrected chi connectivity index (χ0v) is 41.8. The van der Waals surface area contributed by atoms with E-state index in [-0.39, 0.29) is 5.41 Å². The number of rotatable bonds is 8. The first kappa shape index (κ1) is 59.8. The second-order valence-corrected chi connectivity index (χ2v) is 12.4. The van der Waals surface area contributed by atoms with E-state index < -0.39 is 0 Å². The Hall–Kier alpha value is -4.50. The summed E-state index contributed by atoms with van der Waals surface area (Å²) in [6.45, 7) is 42.6. The number of fused-ring (bicyclic) bond motifs is 10. The van der Waals surface area contributed by atoms with E-state index in [1.54, 1.807) is 0 Å². The van der Waals surface area contributed by atoms with Crippen LogP contribution in [-0.2, 0) is 5.41 Å². The van der Waals surface area contributed by atoms with Gasteiger partial charge in [-0.25, -0.2) is 0 Å². The summed E-state index contributed by atoms with van der Waals surface area (Å²) in [6.07, 6.45) is 6.23. The summed E-state index contributed by atoms with van der Waals surface area (Å²) in [5.74, 6) is 0. The first-order valence-corrected chi connectivity index (χ1v) is 23.5. The minimum absolute atomic E-state index is 0.180. The van der Waals surface area contributed by atoms with E-state index in [1.165, 1.54) is 76.1 Å². The molecule has 5 aromatic carbocycles. The predicted octanol–water partition coefficient (Wildman–Crippen LogP) is 17.4. The maximum atomic E-state index is 3.69. The third kappa shape index (κ3) is 17.2. The third-order valence-electron chi connectivity index (χ3n) is 9.35. The van der Waals surface area contributed by atoms with Crippen molar-refractivity contribution in [2.75, 3.05) is 40.3 Å². The van der Waals surface area contributed by atoms with Gasteiger partial charge in [-0.2, -0.15) is 0 Å². The summed E-state index contributed by atoms with van der Waals surface area (Å²) in [5.41, 5.74) is 12.1. The lowest BCUT2D eigenvalue weighted by Gasteiger charge is -2.30. The van der Waals surface area contributed by atoms with E-state index in [0.717, 1.165) is 13.0 Å². The van der Waals surface area contributed by atoms with Crippen molar-refractivity contribution in [3.8, 4) is 22.3 Å². The molecule has 0 saturated heterocycles. The Balaban J connectivity index is -0.000000779. The molecule has 2 aliphatic carbocycles. The minimum atomic E-state index is -0.180. The topological polar surface area (TPSA) is 6.48 Å². The molecule has 0 N–H and O–H groups in total. The molecular formula is C58H90N2. The Morgan fingerprint density at radius 3 is 0.950 bits per heavy atom. The number of unbranched alkanes of at least 4 members (excludes halogenated alkanes) is 1. The van der Waals surface area contributed by atoms with Crippen LogP contribution in [0.15, 0.2) is 147 Å². The van der Waals surface area contributed by atoms with E-state index in [2.05, 4.69) is 155 Å². The number of allylic oxidation sites excluding steroid dienone is 1. The first-order chi connectivity index (χ1) is 29.5. The summed E-state index contributed by atoms with van der Waals surface area (Å²) in [6, 6.07) is 45.7. The first-order valence-electron chi connectivity index (χ1n) is 23.5. The van der Waals surface area contributed by atoms with E-state index in [9.17, 15) is 0 Å². The highest BCUT2D eigenvalue weighted by Gasteiger charge is 2.51. The highest BCUT2D eigenvalue weighted by Crippen LogP contribution is 2.62. The van der Waals surface area contributed by atoms with Crippen molar-refractivity contribution >= 4 is 6.08 Å². The number of hydrogen-bond acceptors (Lipinski definition) is 2. The normalized spacial score (nSPS) is 10.4. The molecule has 0 radical (unpaired) electrons. The molecule has 332 valence electrons. The van der Waals surface area contributed by atoms with Crippen LogP contribution in [0.2, 0.25) is 0 Å². The molecule has 0 aliphatic heterocycles. The largest absolute Gasteiger partial charge is 0.310 e. The molecule has 60 heavy (non-hydrogen) atoms. The molecular weight excluding hydrogens is 725 g/mol. The number of nitrogens with zero attached hydrogens (tertiary/aromatic N) is 2. The molecule has 0 fully saturated rings. The Morgan fingerprint density at radius 2 is 0.717 bits per heavy atom. The van der Waals surface area contributed by atoms with E-state index in [0.29, 0.717) is 0 Å². The zero-order valence-electron chi connectivity index (χ0n) is 41.8. The molecule has 0 atom stereocenters. The zero-order chi connectivity index (χ0) is 46.4. The van der Waals surface area contributed by atoms with Crippen molar-refractivity contribution in [2.24, 2.45) is 0 Å². The molecule has 0 bridgehead atoms. The SMILES string of the molecule is C=CCCCN(CC)CC.C=Cc1ccccc1.CC.CC.CC.CC.CC.CC.CCN(C)C.c1ccc2c(c1)-c1ccccc1C21c2ccccc2-c2ccccc21. The van der Waals surface area contributed by atoms with Crippen LogP contribution in [0.25, 0.3) is 28.3 Å². The molecule has 0 saturated carbocycles. The van der Waals surface area contributed by atoms with Gasteiger partial charge in [0.25, 0.3) is 0 Å². The molecule has 2 heteroatoms. The molecule has 0 amide bonds. The van der Waals surface area contributed by atoms with Crippen molar-refractivity contribution in [1.82, 2.24) is 9.80 Å². The number of benzene rings is 5. The summed E-state index contributed by atoms with van der Waals surface area (Å²) >= 11 is 0. The van der Waals surface area contributed by atoms with Gasteiger partial charge in [0.2, 0.25) is 0 Å². The van der Waals surface area contributed by atoms with Crippen molar-refractivity contribution in [2.45, 2.75) is 122 Å². The Labute approximate surface area is 373 Å². The third-order valence-corrected chi connectivity index (χ3v) is 9.35. The second-order valence-electron chi connectivity index (χ2n) is 12.4.